The third kappa shape index (κ3) is 2.61. The van der Waals surface area contributed by atoms with Crippen LogP contribution in [0.15, 0.2) is 41.2 Å². The summed E-state index contributed by atoms with van der Waals surface area (Å²) in [5.41, 5.74) is 2.74. The van der Waals surface area contributed by atoms with Gasteiger partial charge in [0.05, 0.1) is 11.2 Å². The first-order valence-electron chi connectivity index (χ1n) is 7.09. The molecular weight excluding hydrogens is 337 g/mol. The summed E-state index contributed by atoms with van der Waals surface area (Å²) in [5.74, 6) is -1.57. The lowest BCUT2D eigenvalue weighted by atomic mass is 10.1. The van der Waals surface area contributed by atoms with Crippen molar-refractivity contribution in [3.63, 3.8) is 0 Å². The molecule has 25 heavy (non-hydrogen) atoms. The van der Waals surface area contributed by atoms with Crippen LogP contribution in [0.25, 0.3) is 33.8 Å². The molecule has 4 heterocycles. The van der Waals surface area contributed by atoms with Gasteiger partial charge >= 0.3 is 12.1 Å². The van der Waals surface area contributed by atoms with Crippen molar-refractivity contribution in [1.29, 1.82) is 0 Å². The number of hydrogen-bond acceptors (Lipinski definition) is 6. The number of hydrogen-bond donors (Lipinski definition) is 0. The number of pyridine rings is 2. The van der Waals surface area contributed by atoms with Gasteiger partial charge in [0.2, 0.25) is 5.82 Å². The zero-order valence-electron chi connectivity index (χ0n) is 12.7. The largest absolute Gasteiger partial charge is 0.471 e. The Morgan fingerprint density at radius 3 is 2.72 bits per heavy atom. The molecule has 10 heteroatoms. The first-order valence-corrected chi connectivity index (χ1v) is 7.09. The van der Waals surface area contributed by atoms with Crippen LogP contribution in [0, 0.1) is 0 Å². The van der Waals surface area contributed by atoms with Crippen molar-refractivity contribution in [3.8, 4) is 22.8 Å². The molecule has 0 radical (unpaired) electrons. The number of halogens is 3. The van der Waals surface area contributed by atoms with Gasteiger partial charge in [-0.2, -0.15) is 23.3 Å². The van der Waals surface area contributed by atoms with Gasteiger partial charge in [0.25, 0.3) is 0 Å². The lowest BCUT2D eigenvalue weighted by Gasteiger charge is -1.99. The molecule has 0 aliphatic heterocycles. The highest BCUT2D eigenvalue weighted by atomic mass is 19.4. The maximum atomic E-state index is 12.6. The summed E-state index contributed by atoms with van der Waals surface area (Å²) < 4.78 is 43.7. The lowest BCUT2D eigenvalue weighted by molar-refractivity contribution is -0.159. The van der Waals surface area contributed by atoms with Crippen LogP contribution in [0.1, 0.15) is 5.89 Å². The van der Waals surface area contributed by atoms with Crippen LogP contribution in [-0.4, -0.2) is 29.9 Å². The van der Waals surface area contributed by atoms with E-state index in [2.05, 4.69) is 29.7 Å². The zero-order valence-corrected chi connectivity index (χ0v) is 12.7. The van der Waals surface area contributed by atoms with E-state index in [1.807, 2.05) is 6.07 Å². The smallest absolute Gasteiger partial charge is 0.329 e. The average molecular weight is 346 g/mol. The number of alkyl halides is 3. The van der Waals surface area contributed by atoms with Crippen LogP contribution in [0.3, 0.4) is 0 Å². The van der Waals surface area contributed by atoms with Gasteiger partial charge in [-0.25, -0.2) is 0 Å². The van der Waals surface area contributed by atoms with Crippen molar-refractivity contribution >= 4 is 11.0 Å². The standard InChI is InChI=1S/C15H9F3N6O/c1-24-10-3-2-5-20-12(10)11(22-24)9-7-8(4-6-19-9)13-21-14(25-23-13)15(16,17)18/h2-7H,1H3. The molecule has 0 fully saturated rings. The van der Waals surface area contributed by atoms with Gasteiger partial charge in [-0.15, -0.1) is 0 Å². The second kappa shape index (κ2) is 5.36. The summed E-state index contributed by atoms with van der Waals surface area (Å²) in [4.78, 5) is 11.9. The SMILES string of the molecule is Cn1nc(-c2cc(-c3noc(C(F)(F)F)n3)ccn2)c2ncccc21. The van der Waals surface area contributed by atoms with Crippen LogP contribution in [0.2, 0.25) is 0 Å². The fourth-order valence-electron chi connectivity index (χ4n) is 2.42. The molecule has 0 bridgehead atoms. The fraction of sp³-hybridized carbons (Fsp3) is 0.133. The lowest BCUT2D eigenvalue weighted by Crippen LogP contribution is -2.04. The molecule has 4 aromatic heterocycles. The van der Waals surface area contributed by atoms with E-state index in [1.165, 1.54) is 12.3 Å². The van der Waals surface area contributed by atoms with Gasteiger partial charge in [0.15, 0.2) is 0 Å². The van der Waals surface area contributed by atoms with Crippen LogP contribution in [0.5, 0.6) is 0 Å². The number of nitrogens with zero attached hydrogens (tertiary/aromatic N) is 6. The van der Waals surface area contributed by atoms with Crippen molar-refractivity contribution in [3.05, 3.63) is 42.5 Å². The molecule has 0 spiro atoms. The second-order valence-corrected chi connectivity index (χ2v) is 5.19. The van der Waals surface area contributed by atoms with Gasteiger partial charge < -0.3 is 4.52 Å². The fourth-order valence-corrected chi connectivity index (χ4v) is 2.42. The predicted molar refractivity (Wildman–Crippen MR) is 80.0 cm³/mol. The summed E-state index contributed by atoms with van der Waals surface area (Å²) in [7, 11) is 1.77. The number of aryl methyl sites for hydroxylation is 1. The van der Waals surface area contributed by atoms with Gasteiger partial charge in [0.1, 0.15) is 11.2 Å². The normalized spacial score (nSPS) is 12.0. The van der Waals surface area contributed by atoms with Gasteiger partial charge in [-0.3, -0.25) is 14.6 Å². The summed E-state index contributed by atoms with van der Waals surface area (Å²) in [6.07, 6.45) is -1.62. The first-order chi connectivity index (χ1) is 11.9. The van der Waals surface area contributed by atoms with Crippen molar-refractivity contribution in [2.75, 3.05) is 0 Å². The molecule has 0 aromatic carbocycles. The number of fused-ring (bicyclic) bond motifs is 1. The molecule has 0 unspecified atom stereocenters. The molecule has 0 saturated carbocycles. The van der Waals surface area contributed by atoms with E-state index in [0.717, 1.165) is 5.52 Å². The van der Waals surface area contributed by atoms with Gasteiger partial charge in [-0.05, 0) is 24.3 Å². The first kappa shape index (κ1) is 15.2. The molecular formula is C15H9F3N6O. The minimum atomic E-state index is -4.69. The van der Waals surface area contributed by atoms with Gasteiger partial charge in [-0.1, -0.05) is 5.16 Å². The minimum Gasteiger partial charge on any atom is -0.329 e. The number of rotatable bonds is 2. The Morgan fingerprint density at radius 1 is 1.12 bits per heavy atom. The van der Waals surface area contributed by atoms with Crippen molar-refractivity contribution < 1.29 is 17.7 Å². The molecule has 0 N–H and O–H groups in total. The summed E-state index contributed by atoms with van der Waals surface area (Å²) in [6, 6.07) is 6.68. The van der Waals surface area contributed by atoms with Crippen molar-refractivity contribution in [2.24, 2.45) is 7.05 Å². The Morgan fingerprint density at radius 2 is 1.96 bits per heavy atom. The minimum absolute atomic E-state index is 0.177. The average Bonchev–Trinajstić information content (AvgIpc) is 3.21. The molecule has 0 aliphatic carbocycles. The van der Waals surface area contributed by atoms with E-state index < -0.39 is 12.1 Å². The Kier molecular flexibility index (Phi) is 3.27. The molecule has 0 atom stereocenters. The number of aromatic nitrogens is 6. The van der Waals surface area contributed by atoms with Crippen LogP contribution in [-0.2, 0) is 13.2 Å². The maximum Gasteiger partial charge on any atom is 0.471 e. The third-order valence-corrected chi connectivity index (χ3v) is 3.54. The molecule has 0 saturated heterocycles. The highest BCUT2D eigenvalue weighted by Crippen LogP contribution is 2.31. The summed E-state index contributed by atoms with van der Waals surface area (Å²) in [5, 5.41) is 7.77. The molecule has 4 aromatic rings. The quantitative estimate of drug-likeness (QED) is 0.555. The summed E-state index contributed by atoms with van der Waals surface area (Å²) in [6.45, 7) is 0. The van der Waals surface area contributed by atoms with Crippen LogP contribution >= 0.6 is 0 Å². The molecule has 126 valence electrons. The third-order valence-electron chi connectivity index (χ3n) is 3.54. The molecule has 4 rings (SSSR count). The topological polar surface area (TPSA) is 82.5 Å². The maximum absolute atomic E-state index is 12.6. The van der Waals surface area contributed by atoms with E-state index in [4.69, 9.17) is 0 Å². The van der Waals surface area contributed by atoms with E-state index in [9.17, 15) is 13.2 Å². The van der Waals surface area contributed by atoms with E-state index in [-0.39, 0.29) is 5.82 Å². The Hall–Kier alpha value is -3.30. The van der Waals surface area contributed by atoms with E-state index >= 15 is 0 Å². The van der Waals surface area contributed by atoms with Crippen molar-refractivity contribution in [2.45, 2.75) is 6.18 Å². The van der Waals surface area contributed by atoms with E-state index in [1.54, 1.807) is 30.1 Å². The summed E-state index contributed by atoms with van der Waals surface area (Å²) >= 11 is 0. The van der Waals surface area contributed by atoms with Crippen molar-refractivity contribution in [1.82, 2.24) is 29.9 Å². The molecule has 0 aliphatic rings. The van der Waals surface area contributed by atoms with Gasteiger partial charge in [0, 0.05) is 25.0 Å². The predicted octanol–water partition coefficient (Wildman–Crippen LogP) is 3.10. The van der Waals surface area contributed by atoms with Crippen LogP contribution in [0.4, 0.5) is 13.2 Å². The highest BCUT2D eigenvalue weighted by molar-refractivity contribution is 5.89. The van der Waals surface area contributed by atoms with E-state index in [0.29, 0.717) is 22.5 Å². The zero-order chi connectivity index (χ0) is 17.6. The molecule has 7 nitrogen and oxygen atoms in total. The Bertz CT molecular complexity index is 1070. The molecule has 0 amide bonds. The monoisotopic (exact) mass is 346 g/mol. The highest BCUT2D eigenvalue weighted by Gasteiger charge is 2.38. The second-order valence-electron chi connectivity index (χ2n) is 5.19. The Labute approximate surface area is 138 Å². The Balaban J connectivity index is 1.81. The van der Waals surface area contributed by atoms with Crippen LogP contribution < -0.4 is 0 Å².